The summed E-state index contributed by atoms with van der Waals surface area (Å²) in [6, 6.07) is 0. The predicted molar refractivity (Wildman–Crippen MR) is 100 cm³/mol. The number of halogens is 2. The lowest BCUT2D eigenvalue weighted by Crippen LogP contribution is -2.29. The summed E-state index contributed by atoms with van der Waals surface area (Å²) in [6.07, 6.45) is 3.79. The number of nitrogens with one attached hydrogen (secondary N) is 2. The van der Waals surface area contributed by atoms with Crippen molar-refractivity contribution in [2.75, 3.05) is 31.5 Å². The molecule has 0 aliphatic carbocycles. The summed E-state index contributed by atoms with van der Waals surface area (Å²) in [5.74, 6) is 0.777. The molecule has 0 aromatic carbocycles. The van der Waals surface area contributed by atoms with Crippen LogP contribution in [-0.4, -0.2) is 42.0 Å². The van der Waals surface area contributed by atoms with Crippen LogP contribution in [0.4, 0.5) is 5.13 Å². The maximum atomic E-state index is 12.0. The highest BCUT2D eigenvalue weighted by Gasteiger charge is 2.21. The van der Waals surface area contributed by atoms with Crippen LogP contribution in [0.15, 0.2) is 0 Å². The lowest BCUT2D eigenvalue weighted by Gasteiger charge is -2.23. The molecule has 3 rings (SSSR count). The summed E-state index contributed by atoms with van der Waals surface area (Å²) in [4.78, 5) is 20.3. The number of aromatic nitrogens is 1. The Kier molecular flexibility index (Phi) is 8.79. The van der Waals surface area contributed by atoms with Crippen molar-refractivity contribution in [2.24, 2.45) is 5.92 Å². The van der Waals surface area contributed by atoms with Gasteiger partial charge in [-0.05, 0) is 38.4 Å². The fourth-order valence-corrected chi connectivity index (χ4v) is 4.12. The minimum Gasteiger partial charge on any atom is -0.316 e. The number of amides is 1. The molecular formula is C15H26Cl2N4OS. The molecule has 132 valence electrons. The van der Waals surface area contributed by atoms with E-state index in [9.17, 15) is 4.79 Å². The lowest BCUT2D eigenvalue weighted by atomic mass is 10.0. The summed E-state index contributed by atoms with van der Waals surface area (Å²) >= 11 is 1.64. The van der Waals surface area contributed by atoms with Gasteiger partial charge in [-0.2, -0.15) is 0 Å². The maximum Gasteiger partial charge on any atom is 0.226 e. The van der Waals surface area contributed by atoms with E-state index in [-0.39, 0.29) is 30.7 Å². The van der Waals surface area contributed by atoms with Crippen molar-refractivity contribution in [3.63, 3.8) is 0 Å². The molecule has 23 heavy (non-hydrogen) atoms. The number of nitrogens with zero attached hydrogens (tertiary/aromatic N) is 2. The third kappa shape index (κ3) is 5.57. The molecule has 0 radical (unpaired) electrons. The third-order valence-electron chi connectivity index (χ3n) is 4.45. The molecule has 0 bridgehead atoms. The van der Waals surface area contributed by atoms with Crippen molar-refractivity contribution < 1.29 is 4.79 Å². The van der Waals surface area contributed by atoms with Gasteiger partial charge in [-0.25, -0.2) is 4.98 Å². The molecule has 1 aromatic heterocycles. The average molecular weight is 381 g/mol. The van der Waals surface area contributed by atoms with Gasteiger partial charge in [0.15, 0.2) is 5.13 Å². The molecular weight excluding hydrogens is 355 g/mol. The van der Waals surface area contributed by atoms with Crippen LogP contribution in [0.5, 0.6) is 0 Å². The number of hydrogen-bond donors (Lipinski definition) is 2. The molecule has 1 atom stereocenters. The van der Waals surface area contributed by atoms with Gasteiger partial charge in [-0.3, -0.25) is 9.69 Å². The Morgan fingerprint density at radius 2 is 2.30 bits per heavy atom. The highest BCUT2D eigenvalue weighted by molar-refractivity contribution is 7.15. The summed E-state index contributed by atoms with van der Waals surface area (Å²) in [5, 5.41) is 7.11. The Labute approximate surface area is 154 Å². The van der Waals surface area contributed by atoms with E-state index in [2.05, 4.69) is 27.4 Å². The van der Waals surface area contributed by atoms with E-state index >= 15 is 0 Å². The first-order valence-corrected chi connectivity index (χ1v) is 8.77. The lowest BCUT2D eigenvalue weighted by molar-refractivity contribution is -0.116. The largest absolute Gasteiger partial charge is 0.316 e. The van der Waals surface area contributed by atoms with E-state index < -0.39 is 0 Å². The smallest absolute Gasteiger partial charge is 0.226 e. The topological polar surface area (TPSA) is 57.3 Å². The summed E-state index contributed by atoms with van der Waals surface area (Å²) < 4.78 is 0. The minimum absolute atomic E-state index is 0. The normalized spacial score (nSPS) is 20.3. The zero-order chi connectivity index (χ0) is 14.7. The zero-order valence-corrected chi connectivity index (χ0v) is 15.9. The van der Waals surface area contributed by atoms with Gasteiger partial charge >= 0.3 is 0 Å². The van der Waals surface area contributed by atoms with Crippen molar-refractivity contribution in [3.05, 3.63) is 10.6 Å². The zero-order valence-electron chi connectivity index (χ0n) is 13.5. The van der Waals surface area contributed by atoms with E-state index in [1.807, 2.05) is 0 Å². The average Bonchev–Trinajstić information content (AvgIpc) is 3.13. The van der Waals surface area contributed by atoms with Gasteiger partial charge in [0.25, 0.3) is 0 Å². The molecule has 1 amide bonds. The molecule has 1 aromatic rings. The second-order valence-corrected chi connectivity index (χ2v) is 7.04. The van der Waals surface area contributed by atoms with Crippen molar-refractivity contribution in [2.45, 2.75) is 39.2 Å². The Balaban J connectivity index is 0.00000132. The highest BCUT2D eigenvalue weighted by atomic mass is 35.5. The third-order valence-corrected chi connectivity index (χ3v) is 5.44. The van der Waals surface area contributed by atoms with Crippen LogP contribution in [-0.2, 0) is 17.8 Å². The standard InChI is InChI=1S/C15H24N4OS.2ClH/c1-2-19-8-6-12-13(10-19)21-15(17-12)18-14(20)4-3-11-5-7-16-9-11;;/h11,16H,2-10H2,1H3,(H,17,18,20);2*1H. The Hall–Kier alpha value is -0.400. The van der Waals surface area contributed by atoms with Gasteiger partial charge in [-0.15, -0.1) is 36.2 Å². The maximum absolute atomic E-state index is 12.0. The molecule has 1 fully saturated rings. The molecule has 0 spiro atoms. The molecule has 1 unspecified atom stereocenters. The molecule has 2 N–H and O–H groups in total. The van der Waals surface area contributed by atoms with E-state index in [0.29, 0.717) is 12.3 Å². The number of thiazole rings is 1. The number of likely N-dealkylation sites (N-methyl/N-ethyl adjacent to an activating group) is 1. The molecule has 5 nitrogen and oxygen atoms in total. The highest BCUT2D eigenvalue weighted by Crippen LogP contribution is 2.28. The van der Waals surface area contributed by atoms with Crippen molar-refractivity contribution in [1.82, 2.24) is 15.2 Å². The number of rotatable bonds is 5. The first-order valence-electron chi connectivity index (χ1n) is 7.96. The quantitative estimate of drug-likeness (QED) is 0.824. The second-order valence-electron chi connectivity index (χ2n) is 5.95. The number of anilines is 1. The Morgan fingerprint density at radius 3 is 3.00 bits per heavy atom. The fraction of sp³-hybridized carbons (Fsp3) is 0.733. The van der Waals surface area contributed by atoms with E-state index in [1.54, 1.807) is 11.3 Å². The Bertz CT molecular complexity index is 506. The van der Waals surface area contributed by atoms with Crippen LogP contribution in [0.1, 0.15) is 36.8 Å². The van der Waals surface area contributed by atoms with Crippen LogP contribution in [0.3, 0.4) is 0 Å². The number of hydrogen-bond acceptors (Lipinski definition) is 5. The van der Waals surface area contributed by atoms with Gasteiger partial charge in [0, 0.05) is 30.8 Å². The van der Waals surface area contributed by atoms with Crippen molar-refractivity contribution >= 4 is 47.2 Å². The summed E-state index contributed by atoms with van der Waals surface area (Å²) in [6.45, 7) is 7.48. The van der Waals surface area contributed by atoms with Crippen LogP contribution in [0.25, 0.3) is 0 Å². The predicted octanol–water partition coefficient (Wildman–Crippen LogP) is 2.69. The van der Waals surface area contributed by atoms with Gasteiger partial charge in [0.2, 0.25) is 5.91 Å². The van der Waals surface area contributed by atoms with Gasteiger partial charge in [0.05, 0.1) is 5.69 Å². The number of carbonyl (C=O) groups excluding carboxylic acids is 1. The van der Waals surface area contributed by atoms with Crippen LogP contribution in [0.2, 0.25) is 0 Å². The SMILES string of the molecule is CCN1CCc2nc(NC(=O)CCC3CCNC3)sc2C1.Cl.Cl. The van der Waals surface area contributed by atoms with Crippen LogP contribution < -0.4 is 10.6 Å². The molecule has 2 aliphatic heterocycles. The Morgan fingerprint density at radius 1 is 1.48 bits per heavy atom. The van der Waals surface area contributed by atoms with Gasteiger partial charge in [-0.1, -0.05) is 6.92 Å². The van der Waals surface area contributed by atoms with Crippen LogP contribution >= 0.6 is 36.2 Å². The van der Waals surface area contributed by atoms with Crippen molar-refractivity contribution in [3.8, 4) is 0 Å². The summed E-state index contributed by atoms with van der Waals surface area (Å²) in [5.41, 5.74) is 1.18. The van der Waals surface area contributed by atoms with Crippen LogP contribution in [0, 0.1) is 5.92 Å². The molecule has 3 heterocycles. The number of fused-ring (bicyclic) bond motifs is 1. The van der Waals surface area contributed by atoms with E-state index in [1.165, 1.54) is 17.0 Å². The first kappa shape index (κ1) is 20.6. The molecule has 2 aliphatic rings. The second kappa shape index (κ2) is 9.79. The minimum atomic E-state index is 0. The fourth-order valence-electron chi connectivity index (χ4n) is 3.05. The van der Waals surface area contributed by atoms with E-state index in [4.69, 9.17) is 0 Å². The summed E-state index contributed by atoms with van der Waals surface area (Å²) in [7, 11) is 0. The molecule has 1 saturated heterocycles. The van der Waals surface area contributed by atoms with Crippen molar-refractivity contribution in [1.29, 1.82) is 0 Å². The molecule has 0 saturated carbocycles. The molecule has 8 heteroatoms. The number of carbonyl (C=O) groups is 1. The van der Waals surface area contributed by atoms with E-state index in [0.717, 1.165) is 50.7 Å². The monoisotopic (exact) mass is 380 g/mol. The van der Waals surface area contributed by atoms with Gasteiger partial charge in [0.1, 0.15) is 0 Å². The van der Waals surface area contributed by atoms with Gasteiger partial charge < -0.3 is 10.6 Å². The first-order chi connectivity index (χ1) is 10.2.